The Morgan fingerprint density at radius 1 is 0.865 bits per heavy atom. The molecule has 0 radical (unpaired) electrons. The van der Waals surface area contributed by atoms with Gasteiger partial charge < -0.3 is 9.16 Å². The molecule has 0 heterocycles. The van der Waals surface area contributed by atoms with Crippen LogP contribution < -0.4 is 9.92 Å². The number of benzene rings is 2. The predicted octanol–water partition coefficient (Wildman–Crippen LogP) is 9.53. The highest BCUT2D eigenvalue weighted by atomic mass is 28.4. The molecule has 0 bridgehead atoms. The maximum Gasteiger partial charge on any atom is 0.192 e. The summed E-state index contributed by atoms with van der Waals surface area (Å²) in [4.78, 5) is 0. The van der Waals surface area contributed by atoms with Gasteiger partial charge in [0.05, 0.1) is 14.7 Å². The van der Waals surface area contributed by atoms with Crippen molar-refractivity contribution in [3.63, 3.8) is 0 Å². The Morgan fingerprint density at radius 2 is 1.51 bits per heavy atom. The molecule has 0 amide bonds. The van der Waals surface area contributed by atoms with E-state index in [0.29, 0.717) is 5.54 Å². The van der Waals surface area contributed by atoms with E-state index < -0.39 is 16.4 Å². The molecule has 0 saturated carbocycles. The summed E-state index contributed by atoms with van der Waals surface area (Å²) < 4.78 is 13.2. The molecule has 0 aliphatic heterocycles. The molecule has 0 aromatic heterocycles. The number of unbranched alkanes of at least 4 members (excludes halogenated alkanes) is 3. The highest BCUT2D eigenvalue weighted by Gasteiger charge is 2.44. The second kappa shape index (κ2) is 14.5. The highest BCUT2D eigenvalue weighted by Crippen LogP contribution is 2.41. The van der Waals surface area contributed by atoms with Gasteiger partial charge in [0.1, 0.15) is 5.75 Å². The van der Waals surface area contributed by atoms with Crippen LogP contribution in [0.4, 0.5) is 0 Å². The van der Waals surface area contributed by atoms with E-state index in [9.17, 15) is 0 Å². The van der Waals surface area contributed by atoms with Crippen LogP contribution in [0.25, 0.3) is 0 Å². The quantitative estimate of drug-likeness (QED) is 0.120. The lowest BCUT2D eigenvalue weighted by Crippen LogP contribution is -2.53. The molecule has 4 heteroatoms. The first-order valence-corrected chi connectivity index (χ1v) is 20.5. The van der Waals surface area contributed by atoms with Crippen molar-refractivity contribution in [3.05, 3.63) is 72.8 Å². The first-order chi connectivity index (χ1) is 17.4. The molecule has 2 aromatic carbocycles. The Hall–Kier alpha value is -1.63. The average Bonchev–Trinajstić information content (AvgIpc) is 2.85. The van der Waals surface area contributed by atoms with Crippen molar-refractivity contribution in [1.29, 1.82) is 0 Å². The van der Waals surface area contributed by atoms with E-state index in [-0.39, 0.29) is 11.1 Å². The topological polar surface area (TPSA) is 18.5 Å². The van der Waals surface area contributed by atoms with Gasteiger partial charge in [-0.2, -0.15) is 0 Å². The maximum atomic E-state index is 7.15. The fraction of sp³-hybridized carbons (Fsp3) is 0.576. The maximum absolute atomic E-state index is 7.15. The standard InChI is InChI=1S/C33H54O2Si2/c1-10-12-19-28-23-25-29(26-24-28)34-27-18-14-17-22-31(35-37(8,9)33(3,4)5)32(11-2)36(6,7)30-20-15-13-16-21-30/h11,13,15-16,20-21,23-26,31-32H,2,10,12,14,17-19,22,27H2,1,3-9H3/t31-,32+/m1/s1. The highest BCUT2D eigenvalue weighted by molar-refractivity contribution is 6.91. The van der Waals surface area contributed by atoms with Crippen LogP contribution in [0.3, 0.4) is 0 Å². The van der Waals surface area contributed by atoms with Gasteiger partial charge in [0.15, 0.2) is 8.32 Å². The van der Waals surface area contributed by atoms with Gasteiger partial charge in [0, 0.05) is 11.6 Å². The van der Waals surface area contributed by atoms with Gasteiger partial charge >= 0.3 is 0 Å². The SMILES string of the molecule is C=C[C@@H]([C@@H](CCCCCOc1ccc(CCCC)cc1)O[Si](C)(C)C(C)(C)C)[Si](C)(C)c1ccccc1. The van der Waals surface area contributed by atoms with Crippen molar-refractivity contribution in [3.8, 4) is 5.75 Å². The molecule has 2 rings (SSSR count). The molecular weight excluding hydrogens is 485 g/mol. The van der Waals surface area contributed by atoms with Crippen LogP contribution >= 0.6 is 0 Å². The zero-order valence-electron chi connectivity index (χ0n) is 25.1. The summed E-state index contributed by atoms with van der Waals surface area (Å²) in [5.41, 5.74) is 1.78. The second-order valence-corrected chi connectivity index (χ2v) is 22.2. The van der Waals surface area contributed by atoms with E-state index >= 15 is 0 Å². The molecule has 2 nitrogen and oxygen atoms in total. The summed E-state index contributed by atoms with van der Waals surface area (Å²) in [6, 6.07) is 19.7. The van der Waals surface area contributed by atoms with Gasteiger partial charge in [0.2, 0.25) is 0 Å². The Morgan fingerprint density at radius 3 is 2.08 bits per heavy atom. The molecule has 0 fully saturated rings. The molecule has 37 heavy (non-hydrogen) atoms. The summed E-state index contributed by atoms with van der Waals surface area (Å²) in [7, 11) is -3.72. The summed E-state index contributed by atoms with van der Waals surface area (Å²) in [6.07, 6.45) is 10.5. The Balaban J connectivity index is 1.99. The lowest BCUT2D eigenvalue weighted by molar-refractivity contribution is 0.167. The minimum absolute atomic E-state index is 0.190. The summed E-state index contributed by atoms with van der Waals surface area (Å²) >= 11 is 0. The normalized spacial score (nSPS) is 14.3. The molecule has 0 aliphatic carbocycles. The van der Waals surface area contributed by atoms with Crippen molar-refractivity contribution in [2.24, 2.45) is 0 Å². The van der Waals surface area contributed by atoms with Crippen LogP contribution in [0.15, 0.2) is 67.3 Å². The molecule has 2 atom stereocenters. The van der Waals surface area contributed by atoms with Crippen molar-refractivity contribution in [2.75, 3.05) is 6.61 Å². The predicted molar refractivity (Wildman–Crippen MR) is 169 cm³/mol. The zero-order valence-corrected chi connectivity index (χ0v) is 27.1. The molecule has 2 aromatic rings. The van der Waals surface area contributed by atoms with E-state index in [1.54, 1.807) is 0 Å². The van der Waals surface area contributed by atoms with E-state index in [1.807, 2.05) is 0 Å². The van der Waals surface area contributed by atoms with E-state index in [4.69, 9.17) is 9.16 Å². The lowest BCUT2D eigenvalue weighted by Gasteiger charge is -2.44. The fourth-order valence-electron chi connectivity index (χ4n) is 4.79. The largest absolute Gasteiger partial charge is 0.494 e. The molecule has 0 unspecified atom stereocenters. The van der Waals surface area contributed by atoms with Gasteiger partial charge in [0.25, 0.3) is 0 Å². The molecule has 0 N–H and O–H groups in total. The van der Waals surface area contributed by atoms with Crippen molar-refractivity contribution in [2.45, 2.75) is 116 Å². The minimum atomic E-state index is -1.91. The molecule has 206 valence electrons. The zero-order chi connectivity index (χ0) is 27.5. The second-order valence-electron chi connectivity index (χ2n) is 12.7. The Bertz CT molecular complexity index is 914. The van der Waals surface area contributed by atoms with Gasteiger partial charge in [-0.25, -0.2) is 0 Å². The minimum Gasteiger partial charge on any atom is -0.494 e. The average molecular weight is 539 g/mol. The van der Waals surface area contributed by atoms with Crippen LogP contribution in [-0.4, -0.2) is 29.1 Å². The smallest absolute Gasteiger partial charge is 0.192 e. The van der Waals surface area contributed by atoms with Crippen LogP contribution in [0.1, 0.15) is 71.8 Å². The fourth-order valence-corrected chi connectivity index (χ4v) is 9.49. The first kappa shape index (κ1) is 31.6. The number of hydrogen-bond donors (Lipinski definition) is 0. The van der Waals surface area contributed by atoms with Gasteiger partial charge in [-0.15, -0.1) is 6.58 Å². The summed E-state index contributed by atoms with van der Waals surface area (Å²) in [5, 5.41) is 1.67. The number of ether oxygens (including phenoxy) is 1. The van der Waals surface area contributed by atoms with Gasteiger partial charge in [-0.05, 0) is 67.9 Å². The summed E-state index contributed by atoms with van der Waals surface area (Å²) in [5.74, 6) is 0.988. The molecular formula is C33H54O2Si2. The van der Waals surface area contributed by atoms with Crippen molar-refractivity contribution >= 4 is 21.6 Å². The first-order valence-electron chi connectivity index (χ1n) is 14.5. The van der Waals surface area contributed by atoms with Gasteiger partial charge in [-0.1, -0.05) is 107 Å². The van der Waals surface area contributed by atoms with E-state index in [1.165, 1.54) is 23.6 Å². The van der Waals surface area contributed by atoms with Crippen LogP contribution in [0, 0.1) is 0 Å². The number of rotatable bonds is 16. The van der Waals surface area contributed by atoms with E-state index in [0.717, 1.165) is 44.5 Å². The summed E-state index contributed by atoms with van der Waals surface area (Å²) in [6.45, 7) is 24.1. The monoisotopic (exact) mass is 538 g/mol. The van der Waals surface area contributed by atoms with Crippen LogP contribution in [0.2, 0.25) is 36.8 Å². The van der Waals surface area contributed by atoms with Crippen molar-refractivity contribution in [1.82, 2.24) is 0 Å². The third-order valence-electron chi connectivity index (χ3n) is 8.40. The molecule has 0 spiro atoms. The lowest BCUT2D eigenvalue weighted by atomic mass is 10.1. The van der Waals surface area contributed by atoms with E-state index in [2.05, 4.69) is 121 Å². The van der Waals surface area contributed by atoms with Crippen LogP contribution in [0.5, 0.6) is 5.75 Å². The Labute approximate surface area is 231 Å². The van der Waals surface area contributed by atoms with Crippen molar-refractivity contribution < 1.29 is 9.16 Å². The van der Waals surface area contributed by atoms with Gasteiger partial charge in [-0.3, -0.25) is 0 Å². The van der Waals surface area contributed by atoms with Crippen LogP contribution in [-0.2, 0) is 10.8 Å². The number of aryl methyl sites for hydroxylation is 1. The molecule has 0 aliphatic rings. The third-order valence-corrected chi connectivity index (χ3v) is 17.0. The molecule has 0 saturated heterocycles. The third kappa shape index (κ3) is 9.56. The Kier molecular flexibility index (Phi) is 12.4. The number of hydrogen-bond acceptors (Lipinski definition) is 2.